The van der Waals surface area contributed by atoms with Gasteiger partial charge in [0, 0.05) is 44.2 Å². The number of aromatic hydroxyl groups is 1. The van der Waals surface area contributed by atoms with Crippen LogP contribution in [0, 0.1) is 10.1 Å². The second kappa shape index (κ2) is 7.65. The van der Waals surface area contributed by atoms with Crippen molar-refractivity contribution in [1.29, 1.82) is 0 Å². The third-order valence-corrected chi connectivity index (χ3v) is 4.78. The highest BCUT2D eigenvalue weighted by atomic mass is 16.6. The number of nitro groups is 1. The van der Waals surface area contributed by atoms with Gasteiger partial charge in [-0.05, 0) is 23.8 Å². The van der Waals surface area contributed by atoms with Crippen LogP contribution in [0.4, 0.5) is 17.2 Å². The number of hydrogen-bond donors (Lipinski definition) is 3. The van der Waals surface area contributed by atoms with Gasteiger partial charge in [0.05, 0.1) is 10.4 Å². The molecule has 0 bridgehead atoms. The molecule has 3 N–H and O–H groups in total. The van der Waals surface area contributed by atoms with E-state index in [0.717, 1.165) is 18.7 Å². The van der Waals surface area contributed by atoms with E-state index in [0.29, 0.717) is 42.0 Å². The first-order chi connectivity index (χ1) is 13.6. The van der Waals surface area contributed by atoms with Crippen molar-refractivity contribution in [2.24, 2.45) is 0 Å². The molecule has 0 aliphatic carbocycles. The van der Waals surface area contributed by atoms with E-state index in [9.17, 15) is 15.2 Å². The molecule has 0 saturated carbocycles. The minimum atomic E-state index is -0.354. The minimum absolute atomic E-state index is 0.0527. The van der Waals surface area contributed by atoms with Gasteiger partial charge < -0.3 is 20.6 Å². The van der Waals surface area contributed by atoms with Gasteiger partial charge in [-0.3, -0.25) is 10.1 Å². The molecule has 0 amide bonds. The molecule has 9 nitrogen and oxygen atoms in total. The van der Waals surface area contributed by atoms with Crippen molar-refractivity contribution in [2.45, 2.75) is 6.54 Å². The molecule has 2 heterocycles. The number of rotatable bonds is 5. The van der Waals surface area contributed by atoms with Crippen LogP contribution >= 0.6 is 0 Å². The predicted molar refractivity (Wildman–Crippen MR) is 107 cm³/mol. The smallest absolute Gasteiger partial charge is 0.293 e. The molecule has 1 fully saturated rings. The highest BCUT2D eigenvalue weighted by molar-refractivity contribution is 5.94. The number of nitrogens with one attached hydrogen (secondary N) is 2. The third kappa shape index (κ3) is 3.65. The quantitative estimate of drug-likeness (QED) is 0.456. The Balaban J connectivity index is 1.69. The Morgan fingerprint density at radius 1 is 1.18 bits per heavy atom. The van der Waals surface area contributed by atoms with Crippen LogP contribution in [0.1, 0.15) is 5.56 Å². The van der Waals surface area contributed by atoms with Crippen LogP contribution in [-0.4, -0.2) is 46.2 Å². The summed E-state index contributed by atoms with van der Waals surface area (Å²) < 4.78 is 0. The second-order valence-electron chi connectivity index (χ2n) is 6.59. The van der Waals surface area contributed by atoms with Crippen molar-refractivity contribution >= 4 is 28.1 Å². The molecule has 1 aliphatic rings. The molecule has 3 aromatic rings. The fourth-order valence-corrected chi connectivity index (χ4v) is 3.33. The van der Waals surface area contributed by atoms with E-state index in [1.165, 1.54) is 6.33 Å². The maximum absolute atomic E-state index is 11.7. The first kappa shape index (κ1) is 17.9. The van der Waals surface area contributed by atoms with Crippen molar-refractivity contribution in [3.8, 4) is 5.75 Å². The molecule has 0 unspecified atom stereocenters. The van der Waals surface area contributed by atoms with Crippen molar-refractivity contribution in [3.05, 3.63) is 58.4 Å². The number of nitrogens with zero attached hydrogens (tertiary/aromatic N) is 4. The topological polar surface area (TPSA) is 116 Å². The van der Waals surface area contributed by atoms with Crippen molar-refractivity contribution in [3.63, 3.8) is 0 Å². The first-order valence-electron chi connectivity index (χ1n) is 9.02. The standard InChI is InChI=1S/C19H20N6O3/c26-14-3-1-13(2-4-14)11-21-19-15-9-18(25(27)28)17(10-16(15)22-12-23-19)24-7-5-20-6-8-24/h1-4,9-10,12,20,26H,5-8,11H2,(H,21,22,23). The number of anilines is 2. The number of phenols is 1. The van der Waals surface area contributed by atoms with Crippen molar-refractivity contribution in [2.75, 3.05) is 36.4 Å². The van der Waals surface area contributed by atoms with Gasteiger partial charge in [0.2, 0.25) is 0 Å². The summed E-state index contributed by atoms with van der Waals surface area (Å²) in [7, 11) is 0. The van der Waals surface area contributed by atoms with Gasteiger partial charge in [0.1, 0.15) is 23.6 Å². The van der Waals surface area contributed by atoms with Gasteiger partial charge in [-0.15, -0.1) is 0 Å². The van der Waals surface area contributed by atoms with Gasteiger partial charge in [0.25, 0.3) is 5.69 Å². The van der Waals surface area contributed by atoms with Crippen molar-refractivity contribution in [1.82, 2.24) is 15.3 Å². The van der Waals surface area contributed by atoms with Gasteiger partial charge in [0.15, 0.2) is 0 Å². The van der Waals surface area contributed by atoms with Crippen LogP contribution in [0.15, 0.2) is 42.7 Å². The average molecular weight is 380 g/mol. The molecule has 28 heavy (non-hydrogen) atoms. The summed E-state index contributed by atoms with van der Waals surface area (Å²) in [6, 6.07) is 10.1. The zero-order valence-electron chi connectivity index (χ0n) is 15.1. The Morgan fingerprint density at radius 2 is 1.93 bits per heavy atom. The van der Waals surface area contributed by atoms with Crippen LogP contribution in [0.3, 0.4) is 0 Å². The molecule has 9 heteroatoms. The minimum Gasteiger partial charge on any atom is -0.508 e. The molecule has 1 saturated heterocycles. The lowest BCUT2D eigenvalue weighted by atomic mass is 10.1. The summed E-state index contributed by atoms with van der Waals surface area (Å²) in [6.45, 7) is 3.48. The summed E-state index contributed by atoms with van der Waals surface area (Å²) in [6.07, 6.45) is 1.45. The monoisotopic (exact) mass is 380 g/mol. The lowest BCUT2D eigenvalue weighted by Gasteiger charge is -2.29. The Morgan fingerprint density at radius 3 is 2.64 bits per heavy atom. The highest BCUT2D eigenvalue weighted by Crippen LogP contribution is 2.34. The lowest BCUT2D eigenvalue weighted by molar-refractivity contribution is -0.384. The summed E-state index contributed by atoms with van der Waals surface area (Å²) in [5.41, 5.74) is 2.25. The Kier molecular flexibility index (Phi) is 4.90. The van der Waals surface area contributed by atoms with E-state index in [4.69, 9.17) is 0 Å². The first-order valence-corrected chi connectivity index (χ1v) is 9.02. The van der Waals surface area contributed by atoms with E-state index in [2.05, 4.69) is 20.6 Å². The van der Waals surface area contributed by atoms with Gasteiger partial charge in [-0.25, -0.2) is 9.97 Å². The molecule has 0 spiro atoms. The molecular formula is C19H20N6O3. The maximum Gasteiger partial charge on any atom is 0.293 e. The highest BCUT2D eigenvalue weighted by Gasteiger charge is 2.23. The SMILES string of the molecule is O=[N+]([O-])c1cc2c(NCc3ccc(O)cc3)ncnc2cc1N1CCNCC1. The summed E-state index contributed by atoms with van der Waals surface area (Å²) >= 11 is 0. The third-order valence-electron chi connectivity index (χ3n) is 4.78. The molecule has 144 valence electrons. The second-order valence-corrected chi connectivity index (χ2v) is 6.59. The van der Waals surface area contributed by atoms with E-state index in [-0.39, 0.29) is 16.4 Å². The normalized spacial score (nSPS) is 14.2. The molecule has 1 aliphatic heterocycles. The molecule has 1 aromatic heterocycles. The fraction of sp³-hybridized carbons (Fsp3) is 0.263. The maximum atomic E-state index is 11.7. The molecule has 4 rings (SSSR count). The van der Waals surface area contributed by atoms with E-state index in [1.54, 1.807) is 36.4 Å². The molecule has 0 radical (unpaired) electrons. The van der Waals surface area contributed by atoms with Crippen molar-refractivity contribution < 1.29 is 10.0 Å². The van der Waals surface area contributed by atoms with E-state index in [1.807, 2.05) is 4.90 Å². The van der Waals surface area contributed by atoms with Gasteiger partial charge >= 0.3 is 0 Å². The molecule has 0 atom stereocenters. The zero-order valence-corrected chi connectivity index (χ0v) is 15.1. The fourth-order valence-electron chi connectivity index (χ4n) is 3.33. The molecule has 2 aromatic carbocycles. The number of nitro benzene ring substituents is 1. The molecular weight excluding hydrogens is 360 g/mol. The average Bonchev–Trinajstić information content (AvgIpc) is 2.73. The summed E-state index contributed by atoms with van der Waals surface area (Å²) in [5.74, 6) is 0.736. The van der Waals surface area contributed by atoms with Gasteiger partial charge in [-0.2, -0.15) is 0 Å². The lowest BCUT2D eigenvalue weighted by Crippen LogP contribution is -2.43. The number of benzene rings is 2. The number of aromatic nitrogens is 2. The zero-order chi connectivity index (χ0) is 19.5. The Bertz CT molecular complexity index is 1000. The summed E-state index contributed by atoms with van der Waals surface area (Å²) in [5, 5.41) is 28.2. The van der Waals surface area contributed by atoms with Crippen LogP contribution in [-0.2, 0) is 6.54 Å². The predicted octanol–water partition coefficient (Wildman–Crippen LogP) is 2.27. The van der Waals surface area contributed by atoms with Gasteiger partial charge in [-0.1, -0.05) is 12.1 Å². The number of phenolic OH excluding ortho intramolecular Hbond substituents is 1. The Labute approximate surface area is 161 Å². The van der Waals surface area contributed by atoms with E-state index >= 15 is 0 Å². The van der Waals surface area contributed by atoms with Crippen LogP contribution in [0.2, 0.25) is 0 Å². The Hall–Kier alpha value is -3.46. The van der Waals surface area contributed by atoms with Crippen LogP contribution in [0.25, 0.3) is 10.9 Å². The number of fused-ring (bicyclic) bond motifs is 1. The summed E-state index contributed by atoms with van der Waals surface area (Å²) in [4.78, 5) is 21.9. The van der Waals surface area contributed by atoms with E-state index < -0.39 is 0 Å². The largest absolute Gasteiger partial charge is 0.508 e. The number of piperazine rings is 1. The number of hydrogen-bond acceptors (Lipinski definition) is 8. The van der Waals surface area contributed by atoms with Crippen LogP contribution < -0.4 is 15.5 Å². The van der Waals surface area contributed by atoms with Crippen LogP contribution in [0.5, 0.6) is 5.75 Å².